The smallest absolute Gasteiger partial charge is 0.340 e. The van der Waals surface area contributed by atoms with Crippen molar-refractivity contribution in [2.45, 2.75) is 18.9 Å². The quantitative estimate of drug-likeness (QED) is 0.785. The number of aromatic nitrogens is 1. The first-order valence-corrected chi connectivity index (χ1v) is 6.82. The Morgan fingerprint density at radius 3 is 2.90 bits per heavy atom. The highest BCUT2D eigenvalue weighted by atomic mass is 16.6. The monoisotopic (exact) mass is 271 g/mol. The van der Waals surface area contributed by atoms with Gasteiger partial charge < -0.3 is 9.47 Å². The Labute approximate surface area is 117 Å². The molecule has 0 N–H and O–H groups in total. The highest BCUT2D eigenvalue weighted by molar-refractivity contribution is 6.03. The van der Waals surface area contributed by atoms with Crippen molar-refractivity contribution in [2.75, 3.05) is 13.7 Å². The minimum atomic E-state index is -0.316. The lowest BCUT2D eigenvalue weighted by molar-refractivity contribution is -0.00155. The lowest BCUT2D eigenvalue weighted by Crippen LogP contribution is -2.25. The number of esters is 1. The zero-order chi connectivity index (χ0) is 13.9. The summed E-state index contributed by atoms with van der Waals surface area (Å²) in [5, 5.41) is 1.82. The molecular weight excluding hydrogens is 254 g/mol. The Kier molecular flexibility index (Phi) is 3.65. The van der Waals surface area contributed by atoms with Gasteiger partial charge in [-0.05, 0) is 24.1 Å². The first kappa shape index (κ1) is 13.1. The lowest BCUT2D eigenvalue weighted by Gasteiger charge is -2.16. The Balaban J connectivity index is 1.84. The number of carbonyl (C=O) groups excluding carboxylic acids is 1. The number of hydrogen-bond donors (Lipinski definition) is 0. The molecule has 3 rings (SSSR count). The second-order valence-electron chi connectivity index (χ2n) is 5.14. The van der Waals surface area contributed by atoms with Crippen molar-refractivity contribution in [3.05, 3.63) is 42.2 Å². The van der Waals surface area contributed by atoms with Crippen LogP contribution >= 0.6 is 0 Å². The summed E-state index contributed by atoms with van der Waals surface area (Å²) in [7, 11) is 1.63. The van der Waals surface area contributed by atoms with Gasteiger partial charge in [0, 0.05) is 24.9 Å². The van der Waals surface area contributed by atoms with Crippen LogP contribution in [0.5, 0.6) is 0 Å². The third-order valence-electron chi connectivity index (χ3n) is 3.63. The number of rotatable bonds is 5. The first-order chi connectivity index (χ1) is 9.79. The molecule has 1 aliphatic rings. The van der Waals surface area contributed by atoms with Crippen LogP contribution in [0.3, 0.4) is 0 Å². The molecule has 0 saturated heterocycles. The molecule has 104 valence electrons. The van der Waals surface area contributed by atoms with Gasteiger partial charge in [0.25, 0.3) is 0 Å². The Bertz CT molecular complexity index is 617. The van der Waals surface area contributed by atoms with Crippen LogP contribution in [0.25, 0.3) is 10.8 Å². The summed E-state index contributed by atoms with van der Waals surface area (Å²) in [6.07, 6.45) is 5.39. The molecule has 2 aromatic rings. The van der Waals surface area contributed by atoms with E-state index in [1.807, 2.05) is 24.3 Å². The zero-order valence-corrected chi connectivity index (χ0v) is 11.4. The molecule has 4 nitrogen and oxygen atoms in total. The molecule has 20 heavy (non-hydrogen) atoms. The van der Waals surface area contributed by atoms with Crippen LogP contribution in [0, 0.1) is 5.92 Å². The molecule has 1 saturated carbocycles. The molecule has 1 aromatic carbocycles. The predicted molar refractivity (Wildman–Crippen MR) is 75.5 cm³/mol. The number of carbonyl (C=O) groups is 1. The molecule has 0 unspecified atom stereocenters. The van der Waals surface area contributed by atoms with Crippen LogP contribution in [0.2, 0.25) is 0 Å². The predicted octanol–water partition coefficient (Wildman–Crippen LogP) is 2.82. The summed E-state index contributed by atoms with van der Waals surface area (Å²) in [4.78, 5) is 16.5. The molecule has 4 heteroatoms. The molecule has 1 aliphatic carbocycles. The van der Waals surface area contributed by atoms with E-state index in [-0.39, 0.29) is 12.1 Å². The molecule has 1 aromatic heterocycles. The topological polar surface area (TPSA) is 48.4 Å². The molecule has 0 amide bonds. The standard InChI is InChI=1S/C16H17NO3/c1-19-10-15(11-6-7-11)20-16(18)14-9-17-8-12-4-2-3-5-13(12)14/h2-5,8-9,11,15H,6-7,10H2,1H3/t15-/m1/s1. The van der Waals surface area contributed by atoms with Crippen LogP contribution in [-0.2, 0) is 9.47 Å². The number of hydrogen-bond acceptors (Lipinski definition) is 4. The summed E-state index contributed by atoms with van der Waals surface area (Å²) >= 11 is 0. The van der Waals surface area contributed by atoms with Gasteiger partial charge in [0.15, 0.2) is 0 Å². The van der Waals surface area contributed by atoms with Crippen LogP contribution in [0.4, 0.5) is 0 Å². The van der Waals surface area contributed by atoms with Gasteiger partial charge in [0.05, 0.1) is 12.2 Å². The SMILES string of the molecule is COC[C@@H](OC(=O)c1cncc2ccccc12)C1CC1. The van der Waals surface area contributed by atoms with Gasteiger partial charge in [-0.3, -0.25) is 4.98 Å². The van der Waals surface area contributed by atoms with Crippen molar-refractivity contribution in [3.8, 4) is 0 Å². The maximum absolute atomic E-state index is 12.4. The number of pyridine rings is 1. The molecule has 0 aliphatic heterocycles. The maximum Gasteiger partial charge on any atom is 0.340 e. The molecule has 1 fully saturated rings. The Hall–Kier alpha value is -1.94. The fourth-order valence-electron chi connectivity index (χ4n) is 2.38. The summed E-state index contributed by atoms with van der Waals surface area (Å²) < 4.78 is 10.7. The van der Waals surface area contributed by atoms with E-state index in [1.165, 1.54) is 0 Å². The number of methoxy groups -OCH3 is 1. The van der Waals surface area contributed by atoms with Gasteiger partial charge in [0.2, 0.25) is 0 Å². The third kappa shape index (κ3) is 2.65. The number of ether oxygens (including phenoxy) is 2. The normalized spacial score (nSPS) is 16.1. The van der Waals surface area contributed by atoms with Gasteiger partial charge in [0.1, 0.15) is 6.10 Å². The third-order valence-corrected chi connectivity index (χ3v) is 3.63. The largest absolute Gasteiger partial charge is 0.456 e. The van der Waals surface area contributed by atoms with Crippen molar-refractivity contribution < 1.29 is 14.3 Å². The second-order valence-corrected chi connectivity index (χ2v) is 5.14. The van der Waals surface area contributed by atoms with Crippen LogP contribution < -0.4 is 0 Å². The van der Waals surface area contributed by atoms with Gasteiger partial charge in [-0.25, -0.2) is 4.79 Å². The first-order valence-electron chi connectivity index (χ1n) is 6.82. The highest BCUT2D eigenvalue weighted by Gasteiger charge is 2.34. The van der Waals surface area contributed by atoms with Crippen molar-refractivity contribution in [1.82, 2.24) is 4.98 Å². The van der Waals surface area contributed by atoms with Gasteiger partial charge >= 0.3 is 5.97 Å². The van der Waals surface area contributed by atoms with Crippen LogP contribution in [0.1, 0.15) is 23.2 Å². The summed E-state index contributed by atoms with van der Waals surface area (Å²) in [6, 6.07) is 7.69. The van der Waals surface area contributed by atoms with E-state index in [9.17, 15) is 4.79 Å². The van der Waals surface area contributed by atoms with Crippen molar-refractivity contribution >= 4 is 16.7 Å². The molecule has 0 spiro atoms. The fraction of sp³-hybridized carbons (Fsp3) is 0.375. The molecule has 0 radical (unpaired) electrons. The minimum Gasteiger partial charge on any atom is -0.456 e. The lowest BCUT2D eigenvalue weighted by atomic mass is 10.1. The van der Waals surface area contributed by atoms with Crippen LogP contribution in [0.15, 0.2) is 36.7 Å². The molecule has 0 bridgehead atoms. The van der Waals surface area contributed by atoms with Crippen molar-refractivity contribution in [3.63, 3.8) is 0 Å². The maximum atomic E-state index is 12.4. The number of fused-ring (bicyclic) bond motifs is 1. The van der Waals surface area contributed by atoms with Gasteiger partial charge in [-0.15, -0.1) is 0 Å². The van der Waals surface area contributed by atoms with E-state index in [0.717, 1.165) is 23.6 Å². The van der Waals surface area contributed by atoms with Crippen molar-refractivity contribution in [1.29, 1.82) is 0 Å². The molecule has 1 atom stereocenters. The van der Waals surface area contributed by atoms with E-state index in [1.54, 1.807) is 19.5 Å². The van der Waals surface area contributed by atoms with Crippen LogP contribution in [-0.4, -0.2) is 30.8 Å². The van der Waals surface area contributed by atoms with E-state index in [2.05, 4.69) is 4.98 Å². The van der Waals surface area contributed by atoms with Gasteiger partial charge in [-0.2, -0.15) is 0 Å². The molecular formula is C16H17NO3. The fourth-order valence-corrected chi connectivity index (χ4v) is 2.38. The van der Waals surface area contributed by atoms with E-state index in [0.29, 0.717) is 18.1 Å². The van der Waals surface area contributed by atoms with Crippen molar-refractivity contribution in [2.24, 2.45) is 5.92 Å². The second kappa shape index (κ2) is 5.59. The van der Waals surface area contributed by atoms with E-state index in [4.69, 9.17) is 9.47 Å². The summed E-state index contributed by atoms with van der Waals surface area (Å²) in [5.74, 6) is 0.130. The molecule has 1 heterocycles. The average Bonchev–Trinajstić information content (AvgIpc) is 3.31. The minimum absolute atomic E-state index is 0.147. The average molecular weight is 271 g/mol. The Morgan fingerprint density at radius 1 is 1.35 bits per heavy atom. The zero-order valence-electron chi connectivity index (χ0n) is 11.4. The summed E-state index contributed by atoms with van der Waals surface area (Å²) in [6.45, 7) is 0.453. The van der Waals surface area contributed by atoms with E-state index < -0.39 is 0 Å². The number of benzene rings is 1. The van der Waals surface area contributed by atoms with Gasteiger partial charge in [-0.1, -0.05) is 24.3 Å². The summed E-state index contributed by atoms with van der Waals surface area (Å²) in [5.41, 5.74) is 0.518. The highest BCUT2D eigenvalue weighted by Crippen LogP contribution is 2.35. The number of nitrogens with zero attached hydrogens (tertiary/aromatic N) is 1. The Morgan fingerprint density at radius 2 is 2.15 bits per heavy atom. The van der Waals surface area contributed by atoms with E-state index >= 15 is 0 Å².